The largest absolute Gasteiger partial charge is 0.497 e. The van der Waals surface area contributed by atoms with Crippen molar-refractivity contribution in [2.75, 3.05) is 19.0 Å². The number of carbonyl (C=O) groups is 2. The molecule has 2 aromatic rings. The third-order valence-corrected chi connectivity index (χ3v) is 4.23. The minimum atomic E-state index is -0.568. The molecule has 0 unspecified atom stereocenters. The number of amides is 2. The second-order valence-electron chi connectivity index (χ2n) is 5.89. The first-order valence-corrected chi connectivity index (χ1v) is 8.10. The average Bonchev–Trinajstić information content (AvgIpc) is 3.11. The summed E-state index contributed by atoms with van der Waals surface area (Å²) in [5, 5.41) is 2.82. The number of halogens is 1. The fourth-order valence-corrected chi connectivity index (χ4v) is 3.00. The van der Waals surface area contributed by atoms with E-state index >= 15 is 0 Å². The Kier molecular flexibility index (Phi) is 4.97. The maximum atomic E-state index is 13.4. The summed E-state index contributed by atoms with van der Waals surface area (Å²) in [7, 11) is 1.55. The minimum Gasteiger partial charge on any atom is -0.497 e. The smallest absolute Gasteiger partial charge is 0.254 e. The Bertz CT molecular complexity index is 794. The van der Waals surface area contributed by atoms with Crippen LogP contribution in [0.5, 0.6) is 5.75 Å². The summed E-state index contributed by atoms with van der Waals surface area (Å²) in [5.74, 6) is -0.419. The molecule has 25 heavy (non-hydrogen) atoms. The molecule has 0 aliphatic carbocycles. The Balaban J connectivity index is 1.74. The van der Waals surface area contributed by atoms with Gasteiger partial charge in [0, 0.05) is 23.9 Å². The number of hydrogen-bond donors (Lipinski definition) is 1. The van der Waals surface area contributed by atoms with Gasteiger partial charge in [-0.05, 0) is 43.2 Å². The molecule has 130 valence electrons. The Morgan fingerprint density at radius 3 is 2.76 bits per heavy atom. The molecule has 0 radical (unpaired) electrons. The molecular formula is C19H19FN2O3. The second kappa shape index (κ2) is 7.34. The van der Waals surface area contributed by atoms with Gasteiger partial charge in [0.2, 0.25) is 5.91 Å². The van der Waals surface area contributed by atoms with Gasteiger partial charge in [0.05, 0.1) is 7.11 Å². The molecule has 2 amide bonds. The van der Waals surface area contributed by atoms with Crippen LogP contribution in [0.3, 0.4) is 0 Å². The number of ether oxygens (including phenoxy) is 1. The van der Waals surface area contributed by atoms with Crippen LogP contribution in [0.1, 0.15) is 23.2 Å². The summed E-state index contributed by atoms with van der Waals surface area (Å²) in [6.45, 7) is 0.478. The lowest BCUT2D eigenvalue weighted by Crippen LogP contribution is -2.43. The first-order valence-electron chi connectivity index (χ1n) is 8.10. The number of nitrogens with zero attached hydrogens (tertiary/aromatic N) is 1. The quantitative estimate of drug-likeness (QED) is 0.929. The third kappa shape index (κ3) is 3.79. The van der Waals surface area contributed by atoms with Crippen LogP contribution in [-0.4, -0.2) is 36.4 Å². The third-order valence-electron chi connectivity index (χ3n) is 4.23. The minimum absolute atomic E-state index is 0.251. The predicted molar refractivity (Wildman–Crippen MR) is 92.1 cm³/mol. The van der Waals surface area contributed by atoms with E-state index in [1.807, 2.05) is 0 Å². The zero-order valence-corrected chi connectivity index (χ0v) is 13.9. The molecule has 3 rings (SSSR count). The second-order valence-corrected chi connectivity index (χ2v) is 5.89. The molecule has 0 spiro atoms. The van der Waals surface area contributed by atoms with E-state index in [9.17, 15) is 14.0 Å². The highest BCUT2D eigenvalue weighted by atomic mass is 19.1. The molecule has 1 saturated heterocycles. The van der Waals surface area contributed by atoms with Crippen molar-refractivity contribution in [3.8, 4) is 5.75 Å². The molecule has 1 aliphatic heterocycles. The highest BCUT2D eigenvalue weighted by Gasteiger charge is 2.34. The normalized spacial score (nSPS) is 16.6. The molecule has 0 bridgehead atoms. The van der Waals surface area contributed by atoms with Crippen LogP contribution in [-0.2, 0) is 4.79 Å². The molecule has 5 nitrogen and oxygen atoms in total. The predicted octanol–water partition coefficient (Wildman–Crippen LogP) is 3.08. The molecule has 1 heterocycles. The summed E-state index contributed by atoms with van der Waals surface area (Å²) in [4.78, 5) is 26.7. The Morgan fingerprint density at radius 1 is 1.20 bits per heavy atom. The zero-order valence-electron chi connectivity index (χ0n) is 13.9. The van der Waals surface area contributed by atoms with Crippen LogP contribution in [0.2, 0.25) is 0 Å². The van der Waals surface area contributed by atoms with Crippen LogP contribution in [0.25, 0.3) is 0 Å². The maximum Gasteiger partial charge on any atom is 0.254 e. The number of carbonyl (C=O) groups excluding carboxylic acids is 2. The molecule has 6 heteroatoms. The van der Waals surface area contributed by atoms with Crippen molar-refractivity contribution < 1.29 is 18.7 Å². The van der Waals surface area contributed by atoms with Crippen molar-refractivity contribution >= 4 is 17.5 Å². The maximum absolute atomic E-state index is 13.4. The highest BCUT2D eigenvalue weighted by Crippen LogP contribution is 2.23. The Morgan fingerprint density at radius 2 is 2.00 bits per heavy atom. The molecule has 2 aromatic carbocycles. The lowest BCUT2D eigenvalue weighted by molar-refractivity contribution is -0.119. The molecule has 1 aliphatic rings. The Labute approximate surface area is 145 Å². The highest BCUT2D eigenvalue weighted by molar-refractivity contribution is 6.01. The molecular weight excluding hydrogens is 323 g/mol. The summed E-state index contributed by atoms with van der Waals surface area (Å²) >= 11 is 0. The number of likely N-dealkylation sites (tertiary alicyclic amines) is 1. The van der Waals surface area contributed by atoms with Gasteiger partial charge in [-0.3, -0.25) is 9.59 Å². The fourth-order valence-electron chi connectivity index (χ4n) is 3.00. The molecule has 0 aromatic heterocycles. The standard InChI is InChI=1S/C19H19FN2O3/c1-25-16-8-3-7-15(12-16)21-18(23)17-9-4-10-22(17)19(24)13-5-2-6-14(20)11-13/h2-3,5-8,11-12,17H,4,9-10H2,1H3,(H,21,23)/t17-/m0/s1. The fraction of sp³-hybridized carbons (Fsp3) is 0.263. The van der Waals surface area contributed by atoms with E-state index < -0.39 is 11.9 Å². The van der Waals surface area contributed by atoms with Gasteiger partial charge in [-0.25, -0.2) is 4.39 Å². The van der Waals surface area contributed by atoms with Crippen molar-refractivity contribution in [2.45, 2.75) is 18.9 Å². The van der Waals surface area contributed by atoms with Crippen LogP contribution in [0.4, 0.5) is 10.1 Å². The zero-order chi connectivity index (χ0) is 17.8. The summed E-state index contributed by atoms with van der Waals surface area (Å²) in [5.41, 5.74) is 0.857. The number of methoxy groups -OCH3 is 1. The van der Waals surface area contributed by atoms with E-state index in [0.29, 0.717) is 24.4 Å². The summed E-state index contributed by atoms with van der Waals surface area (Å²) < 4.78 is 18.5. The lowest BCUT2D eigenvalue weighted by atomic mass is 10.1. The topological polar surface area (TPSA) is 58.6 Å². The van der Waals surface area contributed by atoms with Gasteiger partial charge in [0.1, 0.15) is 17.6 Å². The summed E-state index contributed by atoms with van der Waals surface area (Å²) in [6.07, 6.45) is 1.31. The number of rotatable bonds is 4. The van der Waals surface area contributed by atoms with Crippen molar-refractivity contribution in [2.24, 2.45) is 0 Å². The lowest BCUT2D eigenvalue weighted by Gasteiger charge is -2.24. The number of hydrogen-bond acceptors (Lipinski definition) is 3. The van der Waals surface area contributed by atoms with E-state index in [1.54, 1.807) is 37.4 Å². The van der Waals surface area contributed by atoms with Gasteiger partial charge < -0.3 is 15.0 Å². The average molecular weight is 342 g/mol. The van der Waals surface area contributed by atoms with Gasteiger partial charge in [0.15, 0.2) is 0 Å². The van der Waals surface area contributed by atoms with Crippen LogP contribution >= 0.6 is 0 Å². The van der Waals surface area contributed by atoms with E-state index in [0.717, 1.165) is 6.42 Å². The van der Waals surface area contributed by atoms with Crippen molar-refractivity contribution in [3.05, 3.63) is 59.9 Å². The first kappa shape index (κ1) is 17.0. The van der Waals surface area contributed by atoms with Crippen molar-refractivity contribution in [1.82, 2.24) is 4.90 Å². The SMILES string of the molecule is COc1cccc(NC(=O)[C@@H]2CCCN2C(=O)c2cccc(F)c2)c1. The van der Waals surface area contributed by atoms with Crippen LogP contribution < -0.4 is 10.1 Å². The van der Waals surface area contributed by atoms with Gasteiger partial charge >= 0.3 is 0 Å². The van der Waals surface area contributed by atoms with Crippen LogP contribution in [0.15, 0.2) is 48.5 Å². The van der Waals surface area contributed by atoms with Gasteiger partial charge in [0.25, 0.3) is 5.91 Å². The number of anilines is 1. The van der Waals surface area contributed by atoms with Crippen molar-refractivity contribution in [1.29, 1.82) is 0 Å². The van der Waals surface area contributed by atoms with Crippen LogP contribution in [0, 0.1) is 5.82 Å². The molecule has 1 N–H and O–H groups in total. The molecule has 1 atom stereocenters. The van der Waals surface area contributed by atoms with E-state index in [-0.39, 0.29) is 17.4 Å². The summed E-state index contributed by atoms with van der Waals surface area (Å²) in [6, 6.07) is 12.0. The van der Waals surface area contributed by atoms with E-state index in [2.05, 4.69) is 5.32 Å². The Hall–Kier alpha value is -2.89. The van der Waals surface area contributed by atoms with E-state index in [1.165, 1.54) is 23.1 Å². The number of nitrogens with one attached hydrogen (secondary N) is 1. The van der Waals surface area contributed by atoms with E-state index in [4.69, 9.17) is 4.74 Å². The first-order chi connectivity index (χ1) is 12.1. The van der Waals surface area contributed by atoms with Gasteiger partial charge in [-0.15, -0.1) is 0 Å². The van der Waals surface area contributed by atoms with Gasteiger partial charge in [-0.2, -0.15) is 0 Å². The van der Waals surface area contributed by atoms with Crippen molar-refractivity contribution in [3.63, 3.8) is 0 Å². The number of benzene rings is 2. The monoisotopic (exact) mass is 342 g/mol. The molecule has 0 saturated carbocycles. The molecule has 1 fully saturated rings. The van der Waals surface area contributed by atoms with Gasteiger partial charge in [-0.1, -0.05) is 12.1 Å².